The standard InChI is InChI=1S/C21H13ClF7N5O3/c22-12-5-13(23)7-14(6-12)30-19(32-18(37)10-1-3-11(4-2-10)20(24,25)26)31-16-8-15(21(27,28)29)33-34(16)9-17(35)36/h1-8H,9H2,(H,35,36)(H2,30,31,32,37). The molecule has 0 unspecified atom stereocenters. The topological polar surface area (TPSA) is 109 Å². The van der Waals surface area contributed by atoms with Gasteiger partial charge in [-0.1, -0.05) is 11.6 Å². The molecule has 0 fully saturated rings. The van der Waals surface area contributed by atoms with Crippen molar-refractivity contribution in [1.29, 1.82) is 0 Å². The maximum atomic E-state index is 13.8. The van der Waals surface area contributed by atoms with Gasteiger partial charge in [-0.15, -0.1) is 0 Å². The Labute approximate surface area is 207 Å². The molecule has 2 aromatic carbocycles. The molecule has 0 aliphatic heterocycles. The maximum Gasteiger partial charge on any atom is 0.435 e. The molecule has 0 bridgehead atoms. The number of carbonyl (C=O) groups is 2. The summed E-state index contributed by atoms with van der Waals surface area (Å²) in [6, 6.07) is 6.30. The number of benzene rings is 2. The quantitative estimate of drug-likeness (QED) is 0.219. The van der Waals surface area contributed by atoms with Gasteiger partial charge in [-0.2, -0.15) is 36.4 Å². The zero-order valence-corrected chi connectivity index (χ0v) is 18.7. The number of aliphatic imine (C=N–C) groups is 1. The molecular weight excluding hydrogens is 539 g/mol. The number of amides is 1. The third-order valence-corrected chi connectivity index (χ3v) is 4.62. The molecule has 196 valence electrons. The van der Waals surface area contributed by atoms with Crippen molar-refractivity contribution in [3.63, 3.8) is 0 Å². The second kappa shape index (κ2) is 10.5. The Balaban J connectivity index is 2.02. The molecule has 0 radical (unpaired) electrons. The highest BCUT2D eigenvalue weighted by atomic mass is 35.5. The van der Waals surface area contributed by atoms with Gasteiger partial charge in [0.1, 0.15) is 18.2 Å². The molecule has 8 nitrogen and oxygen atoms in total. The lowest BCUT2D eigenvalue weighted by atomic mass is 10.1. The summed E-state index contributed by atoms with van der Waals surface area (Å²) in [6.07, 6.45) is -9.63. The Bertz CT molecular complexity index is 1330. The fourth-order valence-electron chi connectivity index (χ4n) is 2.84. The predicted molar refractivity (Wildman–Crippen MR) is 117 cm³/mol. The number of hydrogen-bond donors (Lipinski definition) is 3. The van der Waals surface area contributed by atoms with Crippen molar-refractivity contribution in [2.24, 2.45) is 4.99 Å². The molecule has 0 aliphatic carbocycles. The number of carboxylic acids is 1. The minimum absolute atomic E-state index is 0.105. The molecule has 1 heterocycles. The number of guanidine groups is 1. The summed E-state index contributed by atoms with van der Waals surface area (Å²) in [7, 11) is 0. The molecule has 3 N–H and O–H groups in total. The molecule has 3 aromatic rings. The first kappa shape index (κ1) is 27.4. The van der Waals surface area contributed by atoms with E-state index >= 15 is 0 Å². The van der Waals surface area contributed by atoms with Gasteiger partial charge in [0.05, 0.1) is 5.56 Å². The number of halogens is 8. The van der Waals surface area contributed by atoms with Crippen molar-refractivity contribution in [1.82, 2.24) is 9.78 Å². The molecule has 0 aliphatic rings. The molecule has 0 saturated heterocycles. The fourth-order valence-corrected chi connectivity index (χ4v) is 3.07. The van der Waals surface area contributed by atoms with Gasteiger partial charge in [0.25, 0.3) is 5.91 Å². The largest absolute Gasteiger partial charge is 0.480 e. The van der Waals surface area contributed by atoms with E-state index in [0.29, 0.717) is 22.9 Å². The highest BCUT2D eigenvalue weighted by Crippen LogP contribution is 2.31. The summed E-state index contributed by atoms with van der Waals surface area (Å²) >= 11 is 5.78. The Kier molecular flexibility index (Phi) is 7.76. The Hall–Kier alpha value is -4.14. The first-order chi connectivity index (χ1) is 17.1. The van der Waals surface area contributed by atoms with Crippen LogP contribution >= 0.6 is 11.6 Å². The fraction of sp³-hybridized carbons (Fsp3) is 0.143. The smallest absolute Gasteiger partial charge is 0.435 e. The van der Waals surface area contributed by atoms with Crippen molar-refractivity contribution in [2.75, 3.05) is 10.6 Å². The number of anilines is 2. The van der Waals surface area contributed by atoms with Crippen LogP contribution in [0.1, 0.15) is 21.6 Å². The van der Waals surface area contributed by atoms with Crippen LogP contribution in [0.15, 0.2) is 53.5 Å². The zero-order valence-electron chi connectivity index (χ0n) is 18.0. The van der Waals surface area contributed by atoms with Crippen LogP contribution in [-0.2, 0) is 23.7 Å². The van der Waals surface area contributed by atoms with E-state index in [2.05, 4.69) is 20.7 Å². The second-order valence-electron chi connectivity index (χ2n) is 7.21. The zero-order chi connectivity index (χ0) is 27.5. The summed E-state index contributed by atoms with van der Waals surface area (Å²) in [5, 5.41) is 16.8. The number of alkyl halides is 6. The minimum Gasteiger partial charge on any atom is -0.480 e. The van der Waals surface area contributed by atoms with E-state index in [9.17, 15) is 40.3 Å². The van der Waals surface area contributed by atoms with Crippen LogP contribution < -0.4 is 10.6 Å². The van der Waals surface area contributed by atoms with E-state index in [4.69, 9.17) is 16.7 Å². The van der Waals surface area contributed by atoms with Crippen molar-refractivity contribution < 1.29 is 45.4 Å². The maximum absolute atomic E-state index is 13.8. The van der Waals surface area contributed by atoms with Crippen molar-refractivity contribution in [2.45, 2.75) is 18.9 Å². The van der Waals surface area contributed by atoms with E-state index in [1.165, 1.54) is 6.07 Å². The molecule has 1 aromatic heterocycles. The number of rotatable bonds is 5. The van der Waals surface area contributed by atoms with Gasteiger partial charge in [0, 0.05) is 22.3 Å². The van der Waals surface area contributed by atoms with Gasteiger partial charge in [-0.05, 0) is 42.5 Å². The summed E-state index contributed by atoms with van der Waals surface area (Å²) in [4.78, 5) is 27.3. The molecule has 0 atom stereocenters. The van der Waals surface area contributed by atoms with Gasteiger partial charge < -0.3 is 15.7 Å². The Morgan fingerprint density at radius 2 is 1.62 bits per heavy atom. The monoisotopic (exact) mass is 551 g/mol. The van der Waals surface area contributed by atoms with E-state index in [-0.39, 0.29) is 16.3 Å². The van der Waals surface area contributed by atoms with Crippen LogP contribution in [0.25, 0.3) is 0 Å². The molecule has 1 amide bonds. The summed E-state index contributed by atoms with van der Waals surface area (Å²) in [5.41, 5.74) is -2.98. The van der Waals surface area contributed by atoms with Gasteiger partial charge >= 0.3 is 18.3 Å². The van der Waals surface area contributed by atoms with E-state index in [1.54, 1.807) is 0 Å². The third-order valence-electron chi connectivity index (χ3n) is 4.40. The van der Waals surface area contributed by atoms with Gasteiger partial charge in [-0.3, -0.25) is 9.59 Å². The van der Waals surface area contributed by atoms with Crippen molar-refractivity contribution in [3.05, 3.63) is 76.2 Å². The van der Waals surface area contributed by atoms with Gasteiger partial charge in [0.15, 0.2) is 5.69 Å². The van der Waals surface area contributed by atoms with E-state index < -0.39 is 59.6 Å². The molecular formula is C21H13ClF7N5O3. The molecule has 0 saturated carbocycles. The number of nitrogens with one attached hydrogen (secondary N) is 2. The van der Waals surface area contributed by atoms with Crippen LogP contribution in [0.2, 0.25) is 5.02 Å². The van der Waals surface area contributed by atoms with Crippen molar-refractivity contribution in [3.8, 4) is 0 Å². The number of hydrogen-bond acceptors (Lipinski definition) is 3. The third kappa shape index (κ3) is 7.42. The highest BCUT2D eigenvalue weighted by molar-refractivity contribution is 6.31. The Morgan fingerprint density at radius 1 is 0.973 bits per heavy atom. The number of carboxylic acid groups (broad SMARTS) is 1. The molecule has 0 spiro atoms. The number of aliphatic carboxylic acids is 1. The minimum atomic E-state index is -4.96. The molecule has 37 heavy (non-hydrogen) atoms. The highest BCUT2D eigenvalue weighted by Gasteiger charge is 2.35. The molecule has 3 rings (SSSR count). The average Bonchev–Trinajstić information content (AvgIpc) is 3.14. The first-order valence-electron chi connectivity index (χ1n) is 9.79. The molecule has 16 heteroatoms. The van der Waals surface area contributed by atoms with Crippen LogP contribution in [0.5, 0.6) is 0 Å². The van der Waals surface area contributed by atoms with E-state index in [1.807, 2.05) is 0 Å². The number of aromatic nitrogens is 2. The lowest BCUT2D eigenvalue weighted by molar-refractivity contribution is -0.143. The normalized spacial score (nSPS) is 12.4. The SMILES string of the molecule is O=C(O)Cn1nc(C(F)(F)F)cc1N/C(=N\C(=O)c1ccc(C(F)(F)F)cc1)Nc1cc(F)cc(Cl)c1. The predicted octanol–water partition coefficient (Wildman–Crippen LogP) is 5.52. The van der Waals surface area contributed by atoms with Crippen LogP contribution in [0.4, 0.5) is 42.2 Å². The van der Waals surface area contributed by atoms with Crippen LogP contribution in [0.3, 0.4) is 0 Å². The lowest BCUT2D eigenvalue weighted by Gasteiger charge is -2.13. The van der Waals surface area contributed by atoms with E-state index in [0.717, 1.165) is 24.3 Å². The van der Waals surface area contributed by atoms with Gasteiger partial charge in [0.2, 0.25) is 5.96 Å². The van der Waals surface area contributed by atoms with Crippen LogP contribution in [-0.4, -0.2) is 32.7 Å². The Morgan fingerprint density at radius 3 is 2.16 bits per heavy atom. The summed E-state index contributed by atoms with van der Waals surface area (Å²) < 4.78 is 92.0. The van der Waals surface area contributed by atoms with Crippen LogP contribution in [0, 0.1) is 5.82 Å². The second-order valence-corrected chi connectivity index (χ2v) is 7.65. The van der Waals surface area contributed by atoms with Gasteiger partial charge in [-0.25, -0.2) is 9.07 Å². The lowest BCUT2D eigenvalue weighted by Crippen LogP contribution is -2.26. The summed E-state index contributed by atoms with van der Waals surface area (Å²) in [6.45, 7) is -1.02. The number of nitrogens with zero attached hydrogens (tertiary/aromatic N) is 3. The number of carbonyl (C=O) groups excluding carboxylic acids is 1. The van der Waals surface area contributed by atoms with Crippen molar-refractivity contribution >= 4 is 40.9 Å². The average molecular weight is 552 g/mol. The first-order valence-corrected chi connectivity index (χ1v) is 10.2. The summed E-state index contributed by atoms with van der Waals surface area (Å²) in [5.74, 6) is -4.76.